The largest absolute Gasteiger partial charge is 0.457 e. The molecule has 0 saturated heterocycles. The zero-order valence-corrected chi connectivity index (χ0v) is 11.4. The van der Waals surface area contributed by atoms with E-state index in [-0.39, 0.29) is 5.97 Å². The van der Waals surface area contributed by atoms with Crippen LogP contribution in [-0.4, -0.2) is 12.3 Å². The van der Waals surface area contributed by atoms with Gasteiger partial charge in [0.25, 0.3) is 0 Å². The molecule has 3 heteroatoms. The maximum absolute atomic E-state index is 11.2. The van der Waals surface area contributed by atoms with Crippen molar-refractivity contribution in [2.45, 2.75) is 0 Å². The summed E-state index contributed by atoms with van der Waals surface area (Å²) < 4.78 is 5.23. The second kappa shape index (κ2) is 6.86. The number of carbonyl (C=O) groups excluding carboxylic acids is 1. The maximum Gasteiger partial charge on any atom is 0.330 e. The van der Waals surface area contributed by atoms with E-state index in [1.54, 1.807) is 0 Å². The third-order valence-electron chi connectivity index (χ3n) is 2.64. The molecule has 0 aromatic heterocycles. The Balaban J connectivity index is 2.24. The Hall–Kier alpha value is -1.92. The van der Waals surface area contributed by atoms with Crippen LogP contribution in [0.25, 0.3) is 0 Å². The summed E-state index contributed by atoms with van der Waals surface area (Å²) in [7, 11) is -0.680. The summed E-state index contributed by atoms with van der Waals surface area (Å²) in [6, 6.07) is 20.3. The van der Waals surface area contributed by atoms with Crippen molar-refractivity contribution in [3.63, 3.8) is 0 Å². The molecule has 0 heterocycles. The molecule has 0 aliphatic rings. The van der Waals surface area contributed by atoms with E-state index in [1.165, 1.54) is 16.7 Å². The summed E-state index contributed by atoms with van der Waals surface area (Å²) in [6.45, 7) is 3.42. The van der Waals surface area contributed by atoms with Gasteiger partial charge in [0.05, 0.1) is 0 Å². The number of ether oxygens (including phenoxy) is 1. The number of esters is 1. The highest BCUT2D eigenvalue weighted by Crippen LogP contribution is 2.33. The van der Waals surface area contributed by atoms with E-state index >= 15 is 0 Å². The highest BCUT2D eigenvalue weighted by molar-refractivity contribution is 7.72. The lowest BCUT2D eigenvalue weighted by atomic mass is 10.4. The van der Waals surface area contributed by atoms with E-state index in [4.69, 9.17) is 4.74 Å². The Labute approximate surface area is 114 Å². The SMILES string of the molecule is C=CC(=O)OCP(c1ccccc1)c1ccccc1. The number of hydrogen-bond donors (Lipinski definition) is 0. The van der Waals surface area contributed by atoms with Gasteiger partial charge in [0.15, 0.2) is 0 Å². The van der Waals surface area contributed by atoms with Crippen LogP contribution >= 0.6 is 7.92 Å². The Kier molecular flexibility index (Phi) is 4.88. The fraction of sp³-hybridized carbons (Fsp3) is 0.0625. The van der Waals surface area contributed by atoms with Gasteiger partial charge in [0.2, 0.25) is 0 Å². The summed E-state index contributed by atoms with van der Waals surface area (Å²) in [5, 5.41) is 2.39. The van der Waals surface area contributed by atoms with Crippen molar-refractivity contribution >= 4 is 24.5 Å². The van der Waals surface area contributed by atoms with Crippen molar-refractivity contribution in [2.24, 2.45) is 0 Å². The first-order chi connectivity index (χ1) is 9.31. The second-order valence-corrected chi connectivity index (χ2v) is 6.04. The van der Waals surface area contributed by atoms with Crippen LogP contribution in [0.2, 0.25) is 0 Å². The summed E-state index contributed by atoms with van der Waals surface area (Å²) in [5.74, 6) is -0.376. The van der Waals surface area contributed by atoms with Crippen LogP contribution in [-0.2, 0) is 9.53 Å². The lowest BCUT2D eigenvalue weighted by molar-refractivity contribution is -0.135. The highest BCUT2D eigenvalue weighted by atomic mass is 31.1. The standard InChI is InChI=1S/C16H15O2P/c1-2-16(17)18-13-19(14-9-5-3-6-10-14)15-11-7-4-8-12-15/h2-12H,1,13H2. The van der Waals surface area contributed by atoms with E-state index in [2.05, 4.69) is 30.8 Å². The monoisotopic (exact) mass is 270 g/mol. The third kappa shape index (κ3) is 3.77. The number of rotatable bonds is 5. The minimum absolute atomic E-state index is 0.376. The molecule has 2 aromatic rings. The number of carbonyl (C=O) groups is 1. The van der Waals surface area contributed by atoms with Crippen molar-refractivity contribution in [3.05, 3.63) is 73.3 Å². The van der Waals surface area contributed by atoms with Gasteiger partial charge < -0.3 is 4.74 Å². The fourth-order valence-electron chi connectivity index (χ4n) is 1.70. The molecule has 0 bridgehead atoms. The molecule has 0 radical (unpaired) electrons. The lowest BCUT2D eigenvalue weighted by Gasteiger charge is -2.17. The summed E-state index contributed by atoms with van der Waals surface area (Å²) in [4.78, 5) is 11.2. The molecule has 96 valence electrons. The number of benzene rings is 2. The first kappa shape index (κ1) is 13.5. The molecule has 0 spiro atoms. The molecular weight excluding hydrogens is 255 g/mol. The predicted octanol–water partition coefficient (Wildman–Crippen LogP) is 2.81. The van der Waals surface area contributed by atoms with E-state index in [9.17, 15) is 4.79 Å². The summed E-state index contributed by atoms with van der Waals surface area (Å²) in [6.07, 6.45) is 1.58. The molecule has 0 fully saturated rings. The van der Waals surface area contributed by atoms with Crippen molar-refractivity contribution in [1.29, 1.82) is 0 Å². The van der Waals surface area contributed by atoms with Gasteiger partial charge in [-0.3, -0.25) is 0 Å². The average molecular weight is 270 g/mol. The van der Waals surface area contributed by atoms with Gasteiger partial charge in [-0.15, -0.1) is 0 Å². The molecule has 0 atom stereocenters. The Bertz CT molecular complexity index is 498. The van der Waals surface area contributed by atoms with Crippen LogP contribution in [0.1, 0.15) is 0 Å². The minimum atomic E-state index is -0.680. The van der Waals surface area contributed by atoms with Gasteiger partial charge in [-0.1, -0.05) is 67.2 Å². The zero-order chi connectivity index (χ0) is 13.5. The molecule has 0 aliphatic carbocycles. The van der Waals surface area contributed by atoms with E-state index < -0.39 is 7.92 Å². The lowest BCUT2D eigenvalue weighted by Crippen LogP contribution is -2.16. The Morgan fingerprint density at radius 1 is 1.00 bits per heavy atom. The topological polar surface area (TPSA) is 26.3 Å². The van der Waals surface area contributed by atoms with Crippen molar-refractivity contribution in [1.82, 2.24) is 0 Å². The molecule has 19 heavy (non-hydrogen) atoms. The molecule has 2 nitrogen and oxygen atoms in total. The highest BCUT2D eigenvalue weighted by Gasteiger charge is 2.14. The van der Waals surface area contributed by atoms with Crippen molar-refractivity contribution in [3.8, 4) is 0 Å². The van der Waals surface area contributed by atoms with Crippen LogP contribution in [0.4, 0.5) is 0 Å². The maximum atomic E-state index is 11.2. The smallest absolute Gasteiger partial charge is 0.330 e. The van der Waals surface area contributed by atoms with Crippen molar-refractivity contribution in [2.75, 3.05) is 6.35 Å². The van der Waals surface area contributed by atoms with Gasteiger partial charge in [0.1, 0.15) is 6.35 Å². The molecule has 0 N–H and O–H groups in total. The molecule has 0 aliphatic heterocycles. The van der Waals surface area contributed by atoms with E-state index in [0.717, 1.165) is 0 Å². The predicted molar refractivity (Wildman–Crippen MR) is 80.2 cm³/mol. The molecule has 2 rings (SSSR count). The van der Waals surface area contributed by atoms with E-state index in [1.807, 2.05) is 36.4 Å². The van der Waals surface area contributed by atoms with Gasteiger partial charge in [-0.05, 0) is 18.5 Å². The molecule has 0 amide bonds. The number of hydrogen-bond acceptors (Lipinski definition) is 2. The van der Waals surface area contributed by atoms with Crippen molar-refractivity contribution < 1.29 is 9.53 Å². The van der Waals surface area contributed by atoms with Crippen LogP contribution in [0, 0.1) is 0 Å². The second-order valence-electron chi connectivity index (χ2n) is 3.90. The van der Waals surface area contributed by atoms with Gasteiger partial charge in [-0.25, -0.2) is 4.79 Å². The molecule has 0 saturated carbocycles. The first-order valence-corrected chi connectivity index (χ1v) is 7.51. The zero-order valence-electron chi connectivity index (χ0n) is 10.5. The summed E-state index contributed by atoms with van der Waals surface area (Å²) >= 11 is 0. The normalized spacial score (nSPS) is 10.2. The molecular formula is C16H15O2P. The first-order valence-electron chi connectivity index (χ1n) is 5.98. The molecule has 0 unspecified atom stereocenters. The van der Waals surface area contributed by atoms with Gasteiger partial charge in [0, 0.05) is 6.08 Å². The Morgan fingerprint density at radius 2 is 1.47 bits per heavy atom. The average Bonchev–Trinajstić information content (AvgIpc) is 2.49. The minimum Gasteiger partial charge on any atom is -0.457 e. The van der Waals surface area contributed by atoms with E-state index in [0.29, 0.717) is 6.35 Å². The third-order valence-corrected chi connectivity index (χ3v) is 4.87. The quantitative estimate of drug-likeness (QED) is 0.474. The Morgan fingerprint density at radius 3 is 1.89 bits per heavy atom. The van der Waals surface area contributed by atoms with Crippen LogP contribution in [0.3, 0.4) is 0 Å². The van der Waals surface area contributed by atoms with Gasteiger partial charge >= 0.3 is 5.97 Å². The van der Waals surface area contributed by atoms with Gasteiger partial charge in [-0.2, -0.15) is 0 Å². The summed E-state index contributed by atoms with van der Waals surface area (Å²) in [5.41, 5.74) is 0. The van der Waals surface area contributed by atoms with Crippen LogP contribution in [0.5, 0.6) is 0 Å². The van der Waals surface area contributed by atoms with Crippen LogP contribution in [0.15, 0.2) is 73.3 Å². The fourth-order valence-corrected chi connectivity index (χ4v) is 3.62. The molecule has 2 aromatic carbocycles. The van der Waals surface area contributed by atoms with Crippen LogP contribution < -0.4 is 10.6 Å².